The smallest absolute Gasteiger partial charge is 0.303 e. The lowest BCUT2D eigenvalue weighted by molar-refractivity contribution is -0.137. The number of aliphatic carboxylic acids is 1. The van der Waals surface area contributed by atoms with Crippen LogP contribution in [-0.2, 0) is 4.79 Å². The van der Waals surface area contributed by atoms with Crippen molar-refractivity contribution >= 4 is 18.4 Å². The van der Waals surface area contributed by atoms with Crippen LogP contribution in [0, 0.1) is 5.41 Å². The lowest BCUT2D eigenvalue weighted by Crippen LogP contribution is -2.55. The Kier molecular flexibility index (Phi) is 5.91. The van der Waals surface area contributed by atoms with Crippen molar-refractivity contribution in [3.05, 3.63) is 0 Å². The molecule has 2 N–H and O–H groups in total. The zero-order chi connectivity index (χ0) is 12.4. The molecular weight excluding hydrogens is 242 g/mol. The third kappa shape index (κ3) is 4.45. The second kappa shape index (κ2) is 6.03. The first kappa shape index (κ1) is 16.7. The topological polar surface area (TPSA) is 60.8 Å². The Bertz CT molecular complexity index is 266. The number of hydrogen-bond donors (Lipinski definition) is 2. The Balaban J connectivity index is 0.00000256. The van der Waals surface area contributed by atoms with E-state index in [1.165, 1.54) is 0 Å². The molecule has 1 aliphatic rings. The number of aliphatic hydroxyl groups is 1. The van der Waals surface area contributed by atoms with E-state index < -0.39 is 11.6 Å². The largest absolute Gasteiger partial charge is 0.481 e. The molecule has 5 heteroatoms. The lowest BCUT2D eigenvalue weighted by atomic mass is 9.71. The van der Waals surface area contributed by atoms with Gasteiger partial charge < -0.3 is 15.1 Å². The molecule has 0 aromatic heterocycles. The molecule has 0 aliphatic carbocycles. The Hall–Kier alpha value is -0.320. The van der Waals surface area contributed by atoms with E-state index >= 15 is 0 Å². The number of hydrogen-bond acceptors (Lipinski definition) is 3. The highest BCUT2D eigenvalue weighted by atomic mass is 35.5. The molecule has 0 spiro atoms. The molecule has 1 saturated heterocycles. The molecule has 102 valence electrons. The van der Waals surface area contributed by atoms with Gasteiger partial charge in [-0.05, 0) is 26.3 Å². The van der Waals surface area contributed by atoms with E-state index in [-0.39, 0.29) is 24.2 Å². The van der Waals surface area contributed by atoms with E-state index in [4.69, 9.17) is 5.11 Å². The van der Waals surface area contributed by atoms with E-state index in [1.807, 2.05) is 6.92 Å². The zero-order valence-corrected chi connectivity index (χ0v) is 11.7. The molecular formula is C12H24ClNO3. The predicted molar refractivity (Wildman–Crippen MR) is 69.6 cm³/mol. The number of piperidine rings is 1. The Morgan fingerprint density at radius 1 is 1.35 bits per heavy atom. The normalized spacial score (nSPS) is 28.5. The fraction of sp³-hybridized carbons (Fsp3) is 0.917. The molecule has 0 amide bonds. The summed E-state index contributed by atoms with van der Waals surface area (Å²) in [6, 6.07) is 0. The summed E-state index contributed by atoms with van der Waals surface area (Å²) in [5.41, 5.74) is -0.745. The van der Waals surface area contributed by atoms with Gasteiger partial charge in [0.15, 0.2) is 0 Å². The summed E-state index contributed by atoms with van der Waals surface area (Å²) in [6.07, 6.45) is 1.67. The number of carbonyl (C=O) groups is 1. The summed E-state index contributed by atoms with van der Waals surface area (Å²) in [4.78, 5) is 12.7. The van der Waals surface area contributed by atoms with Gasteiger partial charge in [0.05, 0.1) is 5.60 Å². The molecule has 1 aliphatic heterocycles. The summed E-state index contributed by atoms with van der Waals surface area (Å²) < 4.78 is 0. The van der Waals surface area contributed by atoms with Gasteiger partial charge in [-0.25, -0.2) is 0 Å². The summed E-state index contributed by atoms with van der Waals surface area (Å²) >= 11 is 0. The minimum Gasteiger partial charge on any atom is -0.481 e. The average Bonchev–Trinajstić information content (AvgIpc) is 2.11. The quantitative estimate of drug-likeness (QED) is 0.813. The van der Waals surface area contributed by atoms with E-state index in [0.29, 0.717) is 6.42 Å². The van der Waals surface area contributed by atoms with Crippen LogP contribution in [0.3, 0.4) is 0 Å². The highest BCUT2D eigenvalue weighted by Crippen LogP contribution is 2.38. The van der Waals surface area contributed by atoms with Crippen molar-refractivity contribution in [3.63, 3.8) is 0 Å². The van der Waals surface area contributed by atoms with Crippen LogP contribution in [0.5, 0.6) is 0 Å². The van der Waals surface area contributed by atoms with E-state index in [0.717, 1.165) is 26.1 Å². The van der Waals surface area contributed by atoms with Crippen molar-refractivity contribution in [2.24, 2.45) is 5.41 Å². The lowest BCUT2D eigenvalue weighted by Gasteiger charge is -2.48. The van der Waals surface area contributed by atoms with Gasteiger partial charge in [-0.1, -0.05) is 13.8 Å². The molecule has 0 bridgehead atoms. The fourth-order valence-corrected chi connectivity index (χ4v) is 2.17. The van der Waals surface area contributed by atoms with Gasteiger partial charge in [0.1, 0.15) is 0 Å². The van der Waals surface area contributed by atoms with E-state index in [9.17, 15) is 9.90 Å². The molecule has 1 heterocycles. The van der Waals surface area contributed by atoms with Gasteiger partial charge in [0.25, 0.3) is 0 Å². The first-order valence-electron chi connectivity index (χ1n) is 5.91. The monoisotopic (exact) mass is 265 g/mol. The van der Waals surface area contributed by atoms with Gasteiger partial charge in [0, 0.05) is 24.9 Å². The number of halogens is 1. The number of carboxylic acids is 1. The maximum atomic E-state index is 10.4. The molecule has 0 aromatic rings. The number of carboxylic acid groups (broad SMARTS) is 1. The van der Waals surface area contributed by atoms with Crippen LogP contribution in [0.25, 0.3) is 0 Å². The second-order valence-corrected chi connectivity index (χ2v) is 5.68. The number of nitrogens with zero attached hydrogens (tertiary/aromatic N) is 1. The highest BCUT2D eigenvalue weighted by Gasteiger charge is 2.43. The van der Waals surface area contributed by atoms with E-state index in [1.54, 1.807) is 0 Å². The molecule has 0 aromatic carbocycles. The van der Waals surface area contributed by atoms with Crippen molar-refractivity contribution < 1.29 is 15.0 Å². The van der Waals surface area contributed by atoms with Gasteiger partial charge in [-0.15, -0.1) is 12.4 Å². The van der Waals surface area contributed by atoms with Crippen molar-refractivity contribution in [3.8, 4) is 0 Å². The van der Waals surface area contributed by atoms with Crippen molar-refractivity contribution in [1.29, 1.82) is 0 Å². The SMILES string of the molecule is CC1(C)CN(CCCC(=O)O)CC[C@]1(C)O.Cl. The Morgan fingerprint density at radius 3 is 2.41 bits per heavy atom. The maximum absolute atomic E-state index is 10.4. The first-order valence-corrected chi connectivity index (χ1v) is 5.91. The van der Waals surface area contributed by atoms with Gasteiger partial charge in [0.2, 0.25) is 0 Å². The standard InChI is InChI=1S/C12H23NO3.ClH/c1-11(2)9-13(7-4-5-10(14)15)8-6-12(11,3)16;/h16H,4-9H2,1-3H3,(H,14,15);1H/t12-;/m0./s1. The summed E-state index contributed by atoms with van der Waals surface area (Å²) in [5.74, 6) is -0.733. The second-order valence-electron chi connectivity index (χ2n) is 5.68. The van der Waals surface area contributed by atoms with Crippen LogP contribution in [0.2, 0.25) is 0 Å². The first-order chi connectivity index (χ1) is 7.24. The minimum absolute atomic E-state index is 0. The van der Waals surface area contributed by atoms with Crippen LogP contribution < -0.4 is 0 Å². The molecule has 0 unspecified atom stereocenters. The molecule has 4 nitrogen and oxygen atoms in total. The minimum atomic E-state index is -0.733. The summed E-state index contributed by atoms with van der Waals surface area (Å²) in [7, 11) is 0. The van der Waals surface area contributed by atoms with E-state index in [2.05, 4.69) is 18.7 Å². The zero-order valence-electron chi connectivity index (χ0n) is 10.9. The third-order valence-electron chi connectivity index (χ3n) is 3.86. The fourth-order valence-electron chi connectivity index (χ4n) is 2.17. The van der Waals surface area contributed by atoms with Crippen LogP contribution in [0.1, 0.15) is 40.0 Å². The number of likely N-dealkylation sites (tertiary alicyclic amines) is 1. The van der Waals surface area contributed by atoms with Crippen molar-refractivity contribution in [1.82, 2.24) is 4.90 Å². The molecule has 1 fully saturated rings. The predicted octanol–water partition coefficient (Wildman–Crippen LogP) is 1.76. The Labute approximate surface area is 109 Å². The Morgan fingerprint density at radius 2 is 1.94 bits per heavy atom. The van der Waals surface area contributed by atoms with Crippen LogP contribution >= 0.6 is 12.4 Å². The molecule has 1 rings (SSSR count). The summed E-state index contributed by atoms with van der Waals surface area (Å²) in [6.45, 7) is 8.52. The van der Waals surface area contributed by atoms with Crippen LogP contribution in [0.15, 0.2) is 0 Å². The van der Waals surface area contributed by atoms with Gasteiger partial charge in [-0.3, -0.25) is 4.79 Å². The molecule has 0 saturated carbocycles. The van der Waals surface area contributed by atoms with Crippen LogP contribution in [0.4, 0.5) is 0 Å². The van der Waals surface area contributed by atoms with Crippen molar-refractivity contribution in [2.45, 2.75) is 45.6 Å². The van der Waals surface area contributed by atoms with Gasteiger partial charge in [-0.2, -0.15) is 0 Å². The molecule has 1 atom stereocenters. The average molecular weight is 266 g/mol. The molecule has 17 heavy (non-hydrogen) atoms. The van der Waals surface area contributed by atoms with Crippen molar-refractivity contribution in [2.75, 3.05) is 19.6 Å². The third-order valence-corrected chi connectivity index (χ3v) is 3.86. The maximum Gasteiger partial charge on any atom is 0.303 e. The summed E-state index contributed by atoms with van der Waals surface area (Å²) in [5, 5.41) is 18.8. The van der Waals surface area contributed by atoms with Crippen LogP contribution in [-0.4, -0.2) is 46.3 Å². The number of rotatable bonds is 4. The van der Waals surface area contributed by atoms with Gasteiger partial charge >= 0.3 is 5.97 Å². The highest BCUT2D eigenvalue weighted by molar-refractivity contribution is 5.85. The molecule has 0 radical (unpaired) electrons.